The van der Waals surface area contributed by atoms with Crippen molar-refractivity contribution in [2.75, 3.05) is 18.9 Å². The van der Waals surface area contributed by atoms with Gasteiger partial charge in [-0.15, -0.1) is 11.8 Å². The SMILES string of the molecule is Cc1cc(C)cc(CSCC(=O)NCCOCc2ccccc2)c1. The quantitative estimate of drug-likeness (QED) is 0.703. The van der Waals surface area contributed by atoms with Gasteiger partial charge >= 0.3 is 0 Å². The van der Waals surface area contributed by atoms with Crippen LogP contribution in [0.4, 0.5) is 0 Å². The molecule has 4 heteroatoms. The molecule has 0 heterocycles. The van der Waals surface area contributed by atoms with E-state index in [9.17, 15) is 4.79 Å². The van der Waals surface area contributed by atoms with Gasteiger partial charge in [-0.3, -0.25) is 4.79 Å². The number of carbonyl (C=O) groups is 1. The first-order valence-corrected chi connectivity index (χ1v) is 9.32. The number of ether oxygens (including phenoxy) is 1. The van der Waals surface area contributed by atoms with E-state index in [0.29, 0.717) is 25.5 Å². The van der Waals surface area contributed by atoms with E-state index in [2.05, 4.69) is 37.4 Å². The molecule has 0 fully saturated rings. The molecule has 0 aromatic heterocycles. The molecule has 128 valence electrons. The van der Waals surface area contributed by atoms with Crippen molar-refractivity contribution in [3.05, 3.63) is 70.8 Å². The Morgan fingerprint density at radius 1 is 1.04 bits per heavy atom. The van der Waals surface area contributed by atoms with Crippen LogP contribution in [0.15, 0.2) is 48.5 Å². The fraction of sp³-hybridized carbons (Fsp3) is 0.350. The van der Waals surface area contributed by atoms with Crippen molar-refractivity contribution in [3.8, 4) is 0 Å². The summed E-state index contributed by atoms with van der Waals surface area (Å²) in [6.45, 7) is 5.86. The van der Waals surface area contributed by atoms with Gasteiger partial charge in [-0.1, -0.05) is 59.7 Å². The lowest BCUT2D eigenvalue weighted by Crippen LogP contribution is -2.28. The van der Waals surface area contributed by atoms with E-state index in [0.717, 1.165) is 11.3 Å². The summed E-state index contributed by atoms with van der Waals surface area (Å²) in [5.74, 6) is 1.40. The first-order valence-electron chi connectivity index (χ1n) is 8.17. The van der Waals surface area contributed by atoms with Crippen LogP contribution in [0, 0.1) is 13.8 Å². The van der Waals surface area contributed by atoms with Crippen molar-refractivity contribution in [1.29, 1.82) is 0 Å². The molecule has 24 heavy (non-hydrogen) atoms. The van der Waals surface area contributed by atoms with Gasteiger partial charge in [-0.05, 0) is 25.0 Å². The molecule has 0 aliphatic carbocycles. The molecule has 3 nitrogen and oxygen atoms in total. The maximum atomic E-state index is 11.8. The van der Waals surface area contributed by atoms with Gasteiger partial charge in [0, 0.05) is 12.3 Å². The Morgan fingerprint density at radius 2 is 1.75 bits per heavy atom. The first kappa shape index (κ1) is 18.6. The Hall–Kier alpha value is -1.78. The summed E-state index contributed by atoms with van der Waals surface area (Å²) in [6, 6.07) is 16.5. The second-order valence-electron chi connectivity index (χ2n) is 5.88. The molecule has 0 atom stereocenters. The van der Waals surface area contributed by atoms with E-state index in [1.165, 1.54) is 16.7 Å². The van der Waals surface area contributed by atoms with Crippen LogP contribution in [0.3, 0.4) is 0 Å². The molecule has 2 rings (SSSR count). The van der Waals surface area contributed by atoms with Gasteiger partial charge in [-0.2, -0.15) is 0 Å². The third kappa shape index (κ3) is 7.20. The standard InChI is InChI=1S/C20H25NO2S/c1-16-10-17(2)12-19(11-16)14-24-15-20(22)21-8-9-23-13-18-6-4-3-5-7-18/h3-7,10-12H,8-9,13-15H2,1-2H3,(H,21,22). The first-order chi connectivity index (χ1) is 11.6. The van der Waals surface area contributed by atoms with Crippen molar-refractivity contribution in [2.45, 2.75) is 26.2 Å². The zero-order chi connectivity index (χ0) is 17.2. The number of carbonyl (C=O) groups excluding carboxylic acids is 1. The molecule has 0 aliphatic heterocycles. The predicted molar refractivity (Wildman–Crippen MR) is 101 cm³/mol. The largest absolute Gasteiger partial charge is 0.375 e. The van der Waals surface area contributed by atoms with Gasteiger partial charge in [-0.25, -0.2) is 0 Å². The number of hydrogen-bond donors (Lipinski definition) is 1. The van der Waals surface area contributed by atoms with Crippen LogP contribution in [0.25, 0.3) is 0 Å². The van der Waals surface area contributed by atoms with E-state index in [1.54, 1.807) is 11.8 Å². The minimum Gasteiger partial charge on any atom is -0.375 e. The molecule has 0 radical (unpaired) electrons. The minimum atomic E-state index is 0.0627. The third-order valence-corrected chi connectivity index (χ3v) is 4.47. The summed E-state index contributed by atoms with van der Waals surface area (Å²) < 4.78 is 5.55. The van der Waals surface area contributed by atoms with Crippen molar-refractivity contribution < 1.29 is 9.53 Å². The summed E-state index contributed by atoms with van der Waals surface area (Å²) in [5, 5.41) is 2.89. The van der Waals surface area contributed by atoms with Crippen LogP contribution >= 0.6 is 11.8 Å². The monoisotopic (exact) mass is 343 g/mol. The van der Waals surface area contributed by atoms with Gasteiger partial charge in [0.05, 0.1) is 19.0 Å². The number of thioether (sulfide) groups is 1. The maximum absolute atomic E-state index is 11.8. The summed E-state index contributed by atoms with van der Waals surface area (Å²) >= 11 is 1.64. The average molecular weight is 343 g/mol. The zero-order valence-corrected chi connectivity index (χ0v) is 15.2. The van der Waals surface area contributed by atoms with E-state index in [-0.39, 0.29) is 5.91 Å². The Labute approximate surface area is 148 Å². The van der Waals surface area contributed by atoms with Crippen LogP contribution in [0.2, 0.25) is 0 Å². The van der Waals surface area contributed by atoms with Crippen LogP contribution < -0.4 is 5.32 Å². The number of benzene rings is 2. The zero-order valence-electron chi connectivity index (χ0n) is 14.4. The molecular weight excluding hydrogens is 318 g/mol. The number of hydrogen-bond acceptors (Lipinski definition) is 3. The highest BCUT2D eigenvalue weighted by molar-refractivity contribution is 7.99. The average Bonchev–Trinajstić information content (AvgIpc) is 2.54. The normalized spacial score (nSPS) is 10.6. The van der Waals surface area contributed by atoms with Crippen LogP contribution in [0.1, 0.15) is 22.3 Å². The molecule has 0 saturated carbocycles. The molecule has 1 amide bonds. The third-order valence-electron chi connectivity index (χ3n) is 3.46. The highest BCUT2D eigenvalue weighted by Gasteiger charge is 2.02. The van der Waals surface area contributed by atoms with Gasteiger partial charge in [0.15, 0.2) is 0 Å². The summed E-state index contributed by atoms with van der Waals surface area (Å²) in [4.78, 5) is 11.8. The molecule has 0 saturated heterocycles. The number of rotatable bonds is 9. The second kappa shape index (κ2) is 10.2. The molecule has 0 spiro atoms. The summed E-state index contributed by atoms with van der Waals surface area (Å²) in [6.07, 6.45) is 0. The van der Waals surface area contributed by atoms with E-state index in [1.807, 2.05) is 30.3 Å². The van der Waals surface area contributed by atoms with Gasteiger partial charge < -0.3 is 10.1 Å². The predicted octanol–water partition coefficient (Wildman–Crippen LogP) is 3.87. The number of nitrogens with one attached hydrogen (secondary N) is 1. The van der Waals surface area contributed by atoms with Crippen molar-refractivity contribution in [3.63, 3.8) is 0 Å². The molecule has 1 N–H and O–H groups in total. The molecule has 0 aliphatic rings. The van der Waals surface area contributed by atoms with Gasteiger partial charge in [0.25, 0.3) is 0 Å². The lowest BCUT2D eigenvalue weighted by atomic mass is 10.1. The van der Waals surface area contributed by atoms with Gasteiger partial charge in [0.1, 0.15) is 0 Å². The van der Waals surface area contributed by atoms with Gasteiger partial charge in [0.2, 0.25) is 5.91 Å². The fourth-order valence-electron chi connectivity index (χ4n) is 2.49. The maximum Gasteiger partial charge on any atom is 0.230 e. The Kier molecular flexibility index (Phi) is 7.86. The summed E-state index contributed by atoms with van der Waals surface area (Å²) in [5.41, 5.74) is 4.96. The fourth-order valence-corrected chi connectivity index (χ4v) is 3.28. The van der Waals surface area contributed by atoms with Crippen LogP contribution in [-0.4, -0.2) is 24.8 Å². The van der Waals surface area contributed by atoms with Crippen molar-refractivity contribution in [2.24, 2.45) is 0 Å². The lowest BCUT2D eigenvalue weighted by Gasteiger charge is -2.07. The Morgan fingerprint density at radius 3 is 2.46 bits per heavy atom. The highest BCUT2D eigenvalue weighted by atomic mass is 32.2. The highest BCUT2D eigenvalue weighted by Crippen LogP contribution is 2.15. The van der Waals surface area contributed by atoms with Crippen LogP contribution in [0.5, 0.6) is 0 Å². The molecular formula is C20H25NO2S. The molecule has 0 bridgehead atoms. The van der Waals surface area contributed by atoms with Crippen molar-refractivity contribution in [1.82, 2.24) is 5.32 Å². The topological polar surface area (TPSA) is 38.3 Å². The Balaban J connectivity index is 1.55. The molecule has 0 unspecified atom stereocenters. The summed E-state index contributed by atoms with van der Waals surface area (Å²) in [7, 11) is 0. The van der Waals surface area contributed by atoms with E-state index >= 15 is 0 Å². The number of amides is 1. The van der Waals surface area contributed by atoms with E-state index < -0.39 is 0 Å². The molecule has 2 aromatic carbocycles. The minimum absolute atomic E-state index is 0.0627. The molecule has 2 aromatic rings. The Bertz CT molecular complexity index is 623. The number of aryl methyl sites for hydroxylation is 2. The second-order valence-corrected chi connectivity index (χ2v) is 6.86. The van der Waals surface area contributed by atoms with Crippen molar-refractivity contribution >= 4 is 17.7 Å². The van der Waals surface area contributed by atoms with E-state index in [4.69, 9.17) is 4.74 Å². The van der Waals surface area contributed by atoms with Crippen LogP contribution in [-0.2, 0) is 21.9 Å². The lowest BCUT2D eigenvalue weighted by molar-refractivity contribution is -0.118. The smallest absolute Gasteiger partial charge is 0.230 e.